The summed E-state index contributed by atoms with van der Waals surface area (Å²) >= 11 is 0. The molecule has 8 nitrogen and oxygen atoms in total. The van der Waals surface area contributed by atoms with Crippen LogP contribution in [0.4, 0.5) is 17.6 Å². The second kappa shape index (κ2) is 56.2. The van der Waals surface area contributed by atoms with Crippen LogP contribution in [0.1, 0.15) is 48.9 Å². The van der Waals surface area contributed by atoms with Crippen molar-refractivity contribution < 1.29 is 98.0 Å². The molecule has 8 heterocycles. The topological polar surface area (TPSA) is 103 Å². The predicted molar refractivity (Wildman–Crippen MR) is 523 cm³/mol. The number of aromatic nitrogens is 8. The first kappa shape index (κ1) is 105. The molecule has 0 aliphatic heterocycles. The molecule has 0 amide bonds. The zero-order valence-corrected chi connectivity index (χ0v) is 83.9. The SMILES string of the molecule is CC(C)c1ccnc(-c2[c-]cccc2)c1.CCc1ccnc(-c2[c-]cccc2)c1.Cc1cccnc1-c1[c-]cccc1.Cc1ccnc(-c2[c-]cccc2)c1.Fc1ccc(-c2ccc(-c3[c-]cccc3)nc2)cc1.Fc1ccc(-c2ccc(-c3[c-]cccc3)nc2)cc1.Fc1ccc(-c2ccc(-c3[c-]cccc3)nc2)cc1.Fc1ccc(-c2ccc(-c3[c-]cccc3)nc2)cc1.[Ir].[Ir].[Ir].[Ir]. The maximum absolute atomic E-state index is 12.9. The van der Waals surface area contributed by atoms with Gasteiger partial charge in [0, 0.05) is 130 Å². The van der Waals surface area contributed by atoms with Gasteiger partial charge in [-0.1, -0.05) is 164 Å². The van der Waals surface area contributed by atoms with Gasteiger partial charge < -0.3 is 39.9 Å². The summed E-state index contributed by atoms with van der Waals surface area (Å²) in [5, 5.41) is 0. The van der Waals surface area contributed by atoms with Gasteiger partial charge in [0.15, 0.2) is 0 Å². The fourth-order valence-corrected chi connectivity index (χ4v) is 13.1. The molecule has 0 bridgehead atoms. The minimum atomic E-state index is -0.229. The predicted octanol–water partition coefficient (Wildman–Crippen LogP) is 29.9. The first-order valence-electron chi connectivity index (χ1n) is 42.6. The molecule has 4 radical (unpaired) electrons. The van der Waals surface area contributed by atoms with Crippen LogP contribution in [0.3, 0.4) is 0 Å². The van der Waals surface area contributed by atoms with Crippen LogP contribution in [0.25, 0.3) is 135 Å². The molecule has 0 fully saturated rings. The zero-order valence-electron chi connectivity index (χ0n) is 74.3. The van der Waals surface area contributed by atoms with Crippen molar-refractivity contribution in [2.75, 3.05) is 0 Å². The number of halogens is 4. The average Bonchev–Trinajstić information content (AvgIpc) is 0.862. The smallest absolute Gasteiger partial charge is 0.123 e. The molecule has 0 spiro atoms. The summed E-state index contributed by atoms with van der Waals surface area (Å²) in [6, 6.07) is 146. The molecule has 0 aliphatic rings. The summed E-state index contributed by atoms with van der Waals surface area (Å²) in [4.78, 5) is 35.0. The van der Waals surface area contributed by atoms with Crippen molar-refractivity contribution in [2.45, 2.75) is 47.0 Å². The number of nitrogens with zero attached hydrogens (tertiary/aromatic N) is 8. The van der Waals surface area contributed by atoms with E-state index in [4.69, 9.17) is 0 Å². The summed E-state index contributed by atoms with van der Waals surface area (Å²) < 4.78 is 51.5. The third kappa shape index (κ3) is 33.1. The Kier molecular flexibility index (Phi) is 43.7. The van der Waals surface area contributed by atoms with E-state index in [0.29, 0.717) is 5.92 Å². The molecule has 20 rings (SSSR count). The number of aryl methyl sites for hydroxylation is 3. The standard InChI is InChI=1S/4C17H11FN.C14H14N.C13H12N.2C12H10N.4Ir/c4*18-16-9-6-13(7-10-16)15-8-11-17(19-12-15)14-4-2-1-3-5-14;1-11(2)13-8-9-15-14(10-13)12-6-4-3-5-7-12;1-2-11-8-9-14-13(10-11)12-6-4-3-5-7-12;1-10-6-5-9-13-12(10)11-7-3-2-4-8-11;1-10-7-8-13-12(9-10)11-5-3-2-4-6-11;;;;/h4*1-4,6-12H;3-6,8-11H,1-2H3;3-6,8-10H,2H2,1H3;2-7,9H,1H3;2-5,7-9H,1H3;;;;/q8*-1;;;;. The van der Waals surface area contributed by atoms with E-state index in [2.05, 4.69) is 153 Å². The Bertz CT molecular complexity index is 6250. The molecule has 678 valence electrons. The van der Waals surface area contributed by atoms with Gasteiger partial charge in [0.25, 0.3) is 0 Å². The molecule has 0 aliphatic carbocycles. The molecule has 135 heavy (non-hydrogen) atoms. The molecule has 0 N–H and O–H groups in total. The van der Waals surface area contributed by atoms with E-state index in [-0.39, 0.29) is 104 Å². The molecule has 0 unspecified atom stereocenters. The van der Waals surface area contributed by atoms with E-state index in [1.807, 2.05) is 286 Å². The monoisotopic (exact) mass is 2480 g/mol. The second-order valence-electron chi connectivity index (χ2n) is 29.9. The summed E-state index contributed by atoms with van der Waals surface area (Å²) in [5.41, 5.74) is 28.4. The minimum Gasteiger partial charge on any atom is -0.305 e. The second-order valence-corrected chi connectivity index (χ2v) is 29.9. The van der Waals surface area contributed by atoms with Crippen LogP contribution in [-0.4, -0.2) is 39.9 Å². The van der Waals surface area contributed by atoms with Crippen molar-refractivity contribution in [3.05, 3.63) is 532 Å². The number of benzene rings is 12. The van der Waals surface area contributed by atoms with Crippen molar-refractivity contribution >= 4 is 0 Å². The molecular formula is C119H90F4Ir4N8-8. The van der Waals surface area contributed by atoms with Gasteiger partial charge in [0.05, 0.1) is 0 Å². The summed E-state index contributed by atoms with van der Waals surface area (Å²) in [6.07, 6.45) is 15.6. The van der Waals surface area contributed by atoms with Crippen LogP contribution < -0.4 is 0 Å². The van der Waals surface area contributed by atoms with Crippen molar-refractivity contribution in [3.8, 4) is 135 Å². The van der Waals surface area contributed by atoms with Crippen LogP contribution in [-0.2, 0) is 86.8 Å². The molecule has 8 aromatic heterocycles. The van der Waals surface area contributed by atoms with Gasteiger partial charge >= 0.3 is 0 Å². The van der Waals surface area contributed by atoms with Crippen molar-refractivity contribution in [2.24, 2.45) is 0 Å². The normalized spacial score (nSPS) is 9.97. The van der Waals surface area contributed by atoms with E-state index in [9.17, 15) is 17.6 Å². The van der Waals surface area contributed by atoms with E-state index in [1.165, 1.54) is 70.8 Å². The quantitative estimate of drug-likeness (QED) is 0.0784. The molecule has 12 aromatic carbocycles. The largest absolute Gasteiger partial charge is 0.305 e. The summed E-state index contributed by atoms with van der Waals surface area (Å²) in [6.45, 7) is 10.6. The Hall–Kier alpha value is -13.8. The molecular weight excluding hydrogens is 2390 g/mol. The van der Waals surface area contributed by atoms with Crippen molar-refractivity contribution in [1.29, 1.82) is 0 Å². The Morgan fingerprint density at radius 3 is 0.763 bits per heavy atom. The third-order valence-electron chi connectivity index (χ3n) is 20.2. The first-order chi connectivity index (χ1) is 64.2. The van der Waals surface area contributed by atoms with E-state index in [1.54, 1.807) is 73.3 Å². The van der Waals surface area contributed by atoms with Gasteiger partial charge in [-0.05, 0) is 189 Å². The molecule has 16 heteroatoms. The van der Waals surface area contributed by atoms with Gasteiger partial charge in [-0.3, -0.25) is 0 Å². The van der Waals surface area contributed by atoms with Crippen LogP contribution in [0.2, 0.25) is 0 Å². The van der Waals surface area contributed by atoms with Gasteiger partial charge in [-0.25, -0.2) is 17.6 Å². The van der Waals surface area contributed by atoms with Crippen LogP contribution in [0, 0.1) is 85.6 Å². The maximum atomic E-state index is 12.9. The third-order valence-corrected chi connectivity index (χ3v) is 20.2. The maximum Gasteiger partial charge on any atom is 0.123 e. The van der Waals surface area contributed by atoms with Gasteiger partial charge in [0.2, 0.25) is 0 Å². The summed E-state index contributed by atoms with van der Waals surface area (Å²) in [5.74, 6) is -0.380. The Labute approximate surface area is 843 Å². The Balaban J connectivity index is 0.000000173. The van der Waals surface area contributed by atoms with E-state index in [0.717, 1.165) is 141 Å². The minimum absolute atomic E-state index is 0. The fraction of sp³-hybridized carbons (Fsp3) is 0.0588. The van der Waals surface area contributed by atoms with E-state index >= 15 is 0 Å². The molecule has 0 atom stereocenters. The van der Waals surface area contributed by atoms with Gasteiger partial charge in [-0.15, -0.1) is 287 Å². The van der Waals surface area contributed by atoms with Crippen LogP contribution in [0.5, 0.6) is 0 Å². The molecule has 20 aromatic rings. The summed E-state index contributed by atoms with van der Waals surface area (Å²) in [7, 11) is 0. The number of hydrogen-bond acceptors (Lipinski definition) is 8. The molecule has 0 saturated carbocycles. The van der Waals surface area contributed by atoms with Crippen molar-refractivity contribution in [3.63, 3.8) is 0 Å². The molecule has 0 saturated heterocycles. The number of hydrogen-bond donors (Lipinski definition) is 0. The first-order valence-corrected chi connectivity index (χ1v) is 42.6. The van der Waals surface area contributed by atoms with Crippen LogP contribution in [0.15, 0.2) is 438 Å². The van der Waals surface area contributed by atoms with E-state index < -0.39 is 0 Å². The van der Waals surface area contributed by atoms with Crippen LogP contribution >= 0.6 is 0 Å². The fourth-order valence-electron chi connectivity index (χ4n) is 13.1. The Morgan fingerprint density at radius 2 is 0.504 bits per heavy atom. The number of rotatable bonds is 14. The average molecular weight is 2480 g/mol. The van der Waals surface area contributed by atoms with Gasteiger partial charge in [0.1, 0.15) is 23.3 Å². The van der Waals surface area contributed by atoms with Gasteiger partial charge in [-0.2, -0.15) is 0 Å². The number of pyridine rings is 8. The van der Waals surface area contributed by atoms with Crippen molar-refractivity contribution in [1.82, 2.24) is 39.9 Å². The Morgan fingerprint density at radius 1 is 0.237 bits per heavy atom. The zero-order chi connectivity index (χ0) is 91.0.